The van der Waals surface area contributed by atoms with Crippen molar-refractivity contribution >= 4 is 0 Å². The predicted octanol–water partition coefficient (Wildman–Crippen LogP) is 4.09. The Morgan fingerprint density at radius 2 is 2.00 bits per heavy atom. The highest BCUT2D eigenvalue weighted by atomic mass is 19.4. The lowest BCUT2D eigenvalue weighted by molar-refractivity contribution is -0.140. The zero-order valence-corrected chi connectivity index (χ0v) is 10.9. The second kappa shape index (κ2) is 5.12. The van der Waals surface area contributed by atoms with Crippen LogP contribution in [0.3, 0.4) is 0 Å². The molecular formula is C14H17F4N. The molecule has 0 radical (unpaired) electrons. The van der Waals surface area contributed by atoms with Crippen molar-refractivity contribution in [3.05, 3.63) is 35.1 Å². The Bertz CT molecular complexity index is 455. The van der Waals surface area contributed by atoms with Gasteiger partial charge in [-0.2, -0.15) is 13.2 Å². The number of rotatable bonds is 2. The predicted molar refractivity (Wildman–Crippen MR) is 65.4 cm³/mol. The Kier molecular flexibility index (Phi) is 3.85. The van der Waals surface area contributed by atoms with Gasteiger partial charge in [0.25, 0.3) is 0 Å². The molecular weight excluding hydrogens is 258 g/mol. The molecule has 5 heteroatoms. The van der Waals surface area contributed by atoms with Gasteiger partial charge >= 0.3 is 6.18 Å². The fraction of sp³-hybridized carbons (Fsp3) is 0.571. The van der Waals surface area contributed by atoms with E-state index in [2.05, 4.69) is 5.32 Å². The summed E-state index contributed by atoms with van der Waals surface area (Å²) in [6, 6.07) is 3.78. The SMILES string of the molecule is CCC1NC(C)CC1c1ccc(F)c(C(F)(F)F)c1. The molecule has 1 aromatic rings. The zero-order chi connectivity index (χ0) is 14.2. The Hall–Kier alpha value is -1.10. The normalized spacial score (nSPS) is 27.8. The van der Waals surface area contributed by atoms with Gasteiger partial charge in [0.05, 0.1) is 5.56 Å². The van der Waals surface area contributed by atoms with Gasteiger partial charge in [-0.05, 0) is 37.5 Å². The molecule has 3 atom stereocenters. The number of hydrogen-bond donors (Lipinski definition) is 1. The average molecular weight is 275 g/mol. The first kappa shape index (κ1) is 14.3. The largest absolute Gasteiger partial charge is 0.419 e. The molecule has 1 nitrogen and oxygen atoms in total. The summed E-state index contributed by atoms with van der Waals surface area (Å²) in [5.41, 5.74) is -0.600. The van der Waals surface area contributed by atoms with Crippen LogP contribution >= 0.6 is 0 Å². The maximum Gasteiger partial charge on any atom is 0.419 e. The first-order valence-corrected chi connectivity index (χ1v) is 6.45. The molecule has 1 heterocycles. The van der Waals surface area contributed by atoms with Crippen LogP contribution in [0, 0.1) is 5.82 Å². The highest BCUT2D eigenvalue weighted by molar-refractivity contribution is 5.31. The summed E-state index contributed by atoms with van der Waals surface area (Å²) >= 11 is 0. The van der Waals surface area contributed by atoms with Gasteiger partial charge in [0.1, 0.15) is 5.82 Å². The van der Waals surface area contributed by atoms with Crippen LogP contribution in [0.1, 0.15) is 43.7 Å². The quantitative estimate of drug-likeness (QED) is 0.802. The molecule has 1 saturated heterocycles. The standard InChI is InChI=1S/C14H17F4N/c1-3-13-10(6-8(2)19-13)9-4-5-12(15)11(7-9)14(16,17)18/h4-5,7-8,10,13,19H,3,6H2,1-2H3. The third kappa shape index (κ3) is 2.91. The van der Waals surface area contributed by atoms with Crippen LogP contribution in [0.25, 0.3) is 0 Å². The molecule has 0 bridgehead atoms. The number of nitrogens with one attached hydrogen (secondary N) is 1. The lowest BCUT2D eigenvalue weighted by atomic mass is 9.88. The van der Waals surface area contributed by atoms with E-state index in [9.17, 15) is 17.6 Å². The van der Waals surface area contributed by atoms with E-state index in [0.29, 0.717) is 5.56 Å². The first-order chi connectivity index (χ1) is 8.82. The average Bonchev–Trinajstić information content (AvgIpc) is 2.69. The van der Waals surface area contributed by atoms with Crippen molar-refractivity contribution in [1.82, 2.24) is 5.32 Å². The van der Waals surface area contributed by atoms with Crippen LogP contribution < -0.4 is 5.32 Å². The van der Waals surface area contributed by atoms with E-state index in [1.54, 1.807) is 0 Å². The van der Waals surface area contributed by atoms with Crippen LogP contribution in [0.4, 0.5) is 17.6 Å². The number of hydrogen-bond acceptors (Lipinski definition) is 1. The van der Waals surface area contributed by atoms with Crippen molar-refractivity contribution in [3.63, 3.8) is 0 Å². The molecule has 0 aliphatic carbocycles. The van der Waals surface area contributed by atoms with Gasteiger partial charge in [-0.15, -0.1) is 0 Å². The summed E-state index contributed by atoms with van der Waals surface area (Å²) in [6.45, 7) is 4.01. The molecule has 19 heavy (non-hydrogen) atoms. The number of benzene rings is 1. The minimum Gasteiger partial charge on any atom is -0.311 e. The van der Waals surface area contributed by atoms with Crippen molar-refractivity contribution in [2.45, 2.75) is 50.9 Å². The lowest BCUT2D eigenvalue weighted by Crippen LogP contribution is -2.28. The zero-order valence-electron chi connectivity index (χ0n) is 10.9. The Balaban J connectivity index is 2.36. The molecule has 0 amide bonds. The Morgan fingerprint density at radius 1 is 1.32 bits per heavy atom. The van der Waals surface area contributed by atoms with Gasteiger partial charge in [-0.25, -0.2) is 4.39 Å². The molecule has 0 aromatic heterocycles. The summed E-state index contributed by atoms with van der Waals surface area (Å²) in [5.74, 6) is -1.19. The molecule has 1 fully saturated rings. The van der Waals surface area contributed by atoms with Gasteiger partial charge in [-0.1, -0.05) is 13.0 Å². The Labute approximate surface area is 110 Å². The minimum absolute atomic E-state index is 0.0155. The van der Waals surface area contributed by atoms with Gasteiger partial charge in [0, 0.05) is 18.0 Å². The van der Waals surface area contributed by atoms with Crippen LogP contribution in [-0.2, 0) is 6.18 Å². The third-order valence-electron chi connectivity index (χ3n) is 3.76. The lowest BCUT2D eigenvalue weighted by Gasteiger charge is -2.19. The number of halogens is 4. The summed E-state index contributed by atoms with van der Waals surface area (Å²) in [4.78, 5) is 0. The highest BCUT2D eigenvalue weighted by Crippen LogP contribution is 2.37. The van der Waals surface area contributed by atoms with Crippen molar-refractivity contribution in [2.24, 2.45) is 0 Å². The van der Waals surface area contributed by atoms with Crippen LogP contribution in [-0.4, -0.2) is 12.1 Å². The second-order valence-corrected chi connectivity index (χ2v) is 5.16. The summed E-state index contributed by atoms with van der Waals surface area (Å²) in [7, 11) is 0. The second-order valence-electron chi connectivity index (χ2n) is 5.16. The van der Waals surface area contributed by atoms with Gasteiger partial charge in [0.2, 0.25) is 0 Å². The molecule has 2 rings (SSSR count). The maximum atomic E-state index is 13.3. The van der Waals surface area contributed by atoms with E-state index in [1.807, 2.05) is 13.8 Å². The molecule has 1 aliphatic rings. The van der Waals surface area contributed by atoms with Crippen molar-refractivity contribution in [1.29, 1.82) is 0 Å². The molecule has 1 aromatic carbocycles. The molecule has 1 N–H and O–H groups in total. The van der Waals surface area contributed by atoms with E-state index in [0.717, 1.165) is 25.0 Å². The fourth-order valence-corrected chi connectivity index (χ4v) is 2.86. The summed E-state index contributed by atoms with van der Waals surface area (Å²) in [5, 5.41) is 3.35. The summed E-state index contributed by atoms with van der Waals surface area (Å²) in [6.07, 6.45) is -3.02. The molecule has 1 aliphatic heterocycles. The van der Waals surface area contributed by atoms with E-state index >= 15 is 0 Å². The molecule has 0 spiro atoms. The van der Waals surface area contributed by atoms with Crippen molar-refractivity contribution in [3.8, 4) is 0 Å². The minimum atomic E-state index is -4.64. The first-order valence-electron chi connectivity index (χ1n) is 6.45. The molecule has 3 unspecified atom stereocenters. The smallest absolute Gasteiger partial charge is 0.311 e. The van der Waals surface area contributed by atoms with Crippen molar-refractivity contribution < 1.29 is 17.6 Å². The van der Waals surface area contributed by atoms with Gasteiger partial charge in [-0.3, -0.25) is 0 Å². The molecule has 0 saturated carbocycles. The van der Waals surface area contributed by atoms with E-state index in [1.165, 1.54) is 6.07 Å². The molecule has 106 valence electrons. The Morgan fingerprint density at radius 3 is 2.58 bits per heavy atom. The topological polar surface area (TPSA) is 12.0 Å². The number of alkyl halides is 3. The van der Waals surface area contributed by atoms with E-state index < -0.39 is 17.6 Å². The van der Waals surface area contributed by atoms with E-state index in [4.69, 9.17) is 0 Å². The van der Waals surface area contributed by atoms with Crippen LogP contribution in [0.15, 0.2) is 18.2 Å². The highest BCUT2D eigenvalue weighted by Gasteiger charge is 2.37. The maximum absolute atomic E-state index is 13.3. The van der Waals surface area contributed by atoms with Crippen molar-refractivity contribution in [2.75, 3.05) is 0 Å². The summed E-state index contributed by atoms with van der Waals surface area (Å²) < 4.78 is 51.4. The monoisotopic (exact) mass is 275 g/mol. The fourth-order valence-electron chi connectivity index (χ4n) is 2.86. The van der Waals surface area contributed by atoms with Gasteiger partial charge in [0.15, 0.2) is 0 Å². The van der Waals surface area contributed by atoms with Crippen LogP contribution in [0.5, 0.6) is 0 Å². The van der Waals surface area contributed by atoms with Crippen LogP contribution in [0.2, 0.25) is 0 Å². The van der Waals surface area contributed by atoms with Gasteiger partial charge < -0.3 is 5.32 Å². The van der Waals surface area contributed by atoms with E-state index in [-0.39, 0.29) is 18.0 Å². The third-order valence-corrected chi connectivity index (χ3v) is 3.76.